The van der Waals surface area contributed by atoms with Crippen LogP contribution < -0.4 is 5.32 Å². The molecule has 1 aromatic rings. The van der Waals surface area contributed by atoms with E-state index in [-0.39, 0.29) is 5.92 Å². The normalized spacial score (nSPS) is 28.1. The van der Waals surface area contributed by atoms with E-state index in [4.69, 9.17) is 0 Å². The van der Waals surface area contributed by atoms with Gasteiger partial charge in [-0.3, -0.25) is 5.32 Å². The molecule has 1 aromatic carbocycles. The zero-order valence-electron chi connectivity index (χ0n) is 12.2. The molecule has 2 saturated carbocycles. The number of carbonyl (C=O) groups is 1. The van der Waals surface area contributed by atoms with Gasteiger partial charge in [-0.05, 0) is 42.9 Å². The van der Waals surface area contributed by atoms with Crippen LogP contribution in [0.15, 0.2) is 24.3 Å². The van der Waals surface area contributed by atoms with Crippen LogP contribution in [-0.4, -0.2) is 24.9 Å². The smallest absolute Gasteiger partial charge is 0.437 e. The van der Waals surface area contributed by atoms with Gasteiger partial charge in [0.15, 0.2) is 5.72 Å². The van der Waals surface area contributed by atoms with Crippen LogP contribution >= 0.6 is 0 Å². The minimum absolute atomic E-state index is 0.118. The number of alkyl halides is 3. The predicted octanol–water partition coefficient (Wildman–Crippen LogP) is 3.46. The fraction of sp³-hybridized carbons (Fsp3) is 0.562. The standard InChI is InChI=1S/C16H18F3NO2/c1-20-15(22-14(21)16(17,18)19)8-13(9-15)12-4-2-3-11(7-12)10-5-6-10/h2-4,7,10,13,20H,5-6,8-9H2,1H3. The molecule has 3 nitrogen and oxygen atoms in total. The van der Waals surface area contributed by atoms with Crippen molar-refractivity contribution >= 4 is 5.97 Å². The molecule has 2 fully saturated rings. The fourth-order valence-electron chi connectivity index (χ4n) is 3.03. The number of hydrogen-bond donors (Lipinski definition) is 1. The molecule has 0 aromatic heterocycles. The van der Waals surface area contributed by atoms with Crippen LogP contribution in [0.2, 0.25) is 0 Å². The molecule has 1 N–H and O–H groups in total. The zero-order valence-corrected chi connectivity index (χ0v) is 12.2. The van der Waals surface area contributed by atoms with Gasteiger partial charge in [0.25, 0.3) is 0 Å². The topological polar surface area (TPSA) is 38.3 Å². The molecular formula is C16H18F3NO2. The van der Waals surface area contributed by atoms with Gasteiger partial charge in [0.2, 0.25) is 0 Å². The van der Waals surface area contributed by atoms with Gasteiger partial charge in [0, 0.05) is 12.8 Å². The van der Waals surface area contributed by atoms with Crippen LogP contribution in [0, 0.1) is 0 Å². The van der Waals surface area contributed by atoms with Crippen LogP contribution in [0.5, 0.6) is 0 Å². The van der Waals surface area contributed by atoms with Gasteiger partial charge in [0.05, 0.1) is 0 Å². The molecule has 0 aliphatic heterocycles. The van der Waals surface area contributed by atoms with Crippen LogP contribution in [0.25, 0.3) is 0 Å². The Bertz CT molecular complexity index is 575. The van der Waals surface area contributed by atoms with Crippen molar-refractivity contribution in [3.63, 3.8) is 0 Å². The number of benzene rings is 1. The Morgan fingerprint density at radius 1 is 1.23 bits per heavy atom. The van der Waals surface area contributed by atoms with Crippen molar-refractivity contribution in [2.24, 2.45) is 0 Å². The molecule has 22 heavy (non-hydrogen) atoms. The summed E-state index contributed by atoms with van der Waals surface area (Å²) in [7, 11) is 1.51. The van der Waals surface area contributed by atoms with E-state index in [1.807, 2.05) is 12.1 Å². The molecule has 0 unspecified atom stereocenters. The van der Waals surface area contributed by atoms with Gasteiger partial charge >= 0.3 is 12.1 Å². The van der Waals surface area contributed by atoms with Gasteiger partial charge in [-0.2, -0.15) is 13.2 Å². The first kappa shape index (κ1) is 15.3. The molecule has 0 bridgehead atoms. The van der Waals surface area contributed by atoms with Gasteiger partial charge in [-0.25, -0.2) is 4.79 Å². The summed E-state index contributed by atoms with van der Waals surface area (Å²) in [5, 5.41) is 2.72. The number of rotatable bonds is 4. The van der Waals surface area contributed by atoms with Crippen molar-refractivity contribution in [2.45, 2.75) is 49.4 Å². The lowest BCUT2D eigenvalue weighted by Gasteiger charge is -2.46. The van der Waals surface area contributed by atoms with Crippen LogP contribution in [0.4, 0.5) is 13.2 Å². The second-order valence-corrected chi connectivity index (χ2v) is 6.18. The maximum absolute atomic E-state index is 12.3. The summed E-state index contributed by atoms with van der Waals surface area (Å²) in [5.41, 5.74) is 1.21. The summed E-state index contributed by atoms with van der Waals surface area (Å²) in [6, 6.07) is 8.20. The van der Waals surface area contributed by atoms with Crippen molar-refractivity contribution in [3.05, 3.63) is 35.4 Å². The highest BCUT2D eigenvalue weighted by Gasteiger charge is 2.52. The van der Waals surface area contributed by atoms with Crippen molar-refractivity contribution in [3.8, 4) is 0 Å². The molecule has 2 aliphatic rings. The fourth-order valence-corrected chi connectivity index (χ4v) is 3.03. The van der Waals surface area contributed by atoms with Crippen molar-refractivity contribution in [1.29, 1.82) is 0 Å². The summed E-state index contributed by atoms with van der Waals surface area (Å²) < 4.78 is 41.7. The van der Waals surface area contributed by atoms with E-state index < -0.39 is 17.9 Å². The van der Waals surface area contributed by atoms with Crippen LogP contribution in [-0.2, 0) is 9.53 Å². The van der Waals surface area contributed by atoms with Gasteiger partial charge < -0.3 is 4.74 Å². The van der Waals surface area contributed by atoms with Crippen LogP contribution in [0.3, 0.4) is 0 Å². The zero-order chi connectivity index (χ0) is 16.0. The Kier molecular flexibility index (Phi) is 3.67. The number of esters is 1. The lowest BCUT2D eigenvalue weighted by Crippen LogP contribution is -2.57. The van der Waals surface area contributed by atoms with E-state index in [0.29, 0.717) is 18.8 Å². The number of hydrogen-bond acceptors (Lipinski definition) is 3. The maximum Gasteiger partial charge on any atom is 0.490 e. The van der Waals surface area contributed by atoms with Crippen molar-refractivity contribution < 1.29 is 22.7 Å². The summed E-state index contributed by atoms with van der Waals surface area (Å²) in [6.07, 6.45) is -1.82. The maximum atomic E-state index is 12.3. The van der Waals surface area contributed by atoms with Crippen molar-refractivity contribution in [1.82, 2.24) is 5.32 Å². The minimum Gasteiger partial charge on any atom is -0.437 e. The van der Waals surface area contributed by atoms with E-state index in [1.165, 1.54) is 25.5 Å². The quantitative estimate of drug-likeness (QED) is 0.683. The Labute approximate surface area is 126 Å². The molecule has 3 rings (SSSR count). The molecule has 2 aliphatic carbocycles. The average molecular weight is 313 g/mol. The minimum atomic E-state index is -4.96. The van der Waals surface area contributed by atoms with Crippen LogP contribution in [0.1, 0.15) is 48.6 Å². The number of halogens is 3. The molecule has 0 atom stereocenters. The lowest BCUT2D eigenvalue weighted by molar-refractivity contribution is -0.226. The summed E-state index contributed by atoms with van der Waals surface area (Å²) >= 11 is 0. The SMILES string of the molecule is CNC1(OC(=O)C(F)(F)F)CC(c2cccc(C3CC3)c2)C1. The predicted molar refractivity (Wildman–Crippen MR) is 74.3 cm³/mol. The van der Waals surface area contributed by atoms with E-state index >= 15 is 0 Å². The molecule has 0 radical (unpaired) electrons. The van der Waals surface area contributed by atoms with Crippen molar-refractivity contribution in [2.75, 3.05) is 7.05 Å². The molecule has 0 saturated heterocycles. The van der Waals surface area contributed by atoms with E-state index in [9.17, 15) is 18.0 Å². The molecule has 0 spiro atoms. The molecular weight excluding hydrogens is 295 g/mol. The molecule has 0 amide bonds. The third-order valence-electron chi connectivity index (χ3n) is 4.56. The average Bonchev–Trinajstić information content (AvgIpc) is 3.25. The number of carbonyl (C=O) groups excluding carboxylic acids is 1. The number of ether oxygens (including phenoxy) is 1. The van der Waals surface area contributed by atoms with E-state index in [2.05, 4.69) is 22.2 Å². The first-order chi connectivity index (χ1) is 10.3. The molecule has 6 heteroatoms. The van der Waals surface area contributed by atoms with E-state index in [1.54, 1.807) is 0 Å². The lowest BCUT2D eigenvalue weighted by atomic mass is 9.72. The highest BCUT2D eigenvalue weighted by molar-refractivity contribution is 5.76. The van der Waals surface area contributed by atoms with Gasteiger partial charge in [-0.15, -0.1) is 0 Å². The Morgan fingerprint density at radius 3 is 2.32 bits per heavy atom. The van der Waals surface area contributed by atoms with Gasteiger partial charge in [0.1, 0.15) is 0 Å². The summed E-state index contributed by atoms with van der Waals surface area (Å²) in [6.45, 7) is 0. The second-order valence-electron chi connectivity index (χ2n) is 6.18. The molecule has 120 valence electrons. The largest absolute Gasteiger partial charge is 0.490 e. The Balaban J connectivity index is 1.66. The first-order valence-electron chi connectivity index (χ1n) is 7.42. The Hall–Kier alpha value is -1.56. The molecule has 0 heterocycles. The monoisotopic (exact) mass is 313 g/mol. The second kappa shape index (κ2) is 5.26. The highest BCUT2D eigenvalue weighted by Crippen LogP contribution is 2.47. The highest BCUT2D eigenvalue weighted by atomic mass is 19.4. The van der Waals surface area contributed by atoms with Gasteiger partial charge in [-0.1, -0.05) is 24.3 Å². The third-order valence-corrected chi connectivity index (χ3v) is 4.56. The number of nitrogens with one attached hydrogen (secondary N) is 1. The van der Waals surface area contributed by atoms with E-state index in [0.717, 1.165) is 5.56 Å². The first-order valence-corrected chi connectivity index (χ1v) is 7.42. The Morgan fingerprint density at radius 2 is 1.82 bits per heavy atom. The summed E-state index contributed by atoms with van der Waals surface area (Å²) in [4.78, 5) is 11.0. The summed E-state index contributed by atoms with van der Waals surface area (Å²) in [5.74, 6) is -1.38. The third kappa shape index (κ3) is 2.97.